The summed E-state index contributed by atoms with van der Waals surface area (Å²) >= 11 is 0. The van der Waals surface area contributed by atoms with Gasteiger partial charge in [0.1, 0.15) is 6.61 Å². The van der Waals surface area contributed by atoms with E-state index in [1.807, 2.05) is 38.6 Å². The van der Waals surface area contributed by atoms with E-state index in [0.29, 0.717) is 12.5 Å². The Morgan fingerprint density at radius 2 is 2.15 bits per heavy atom. The van der Waals surface area contributed by atoms with Crippen LogP contribution in [0.3, 0.4) is 0 Å². The second-order valence-electron chi connectivity index (χ2n) is 6.64. The number of aromatic nitrogens is 5. The predicted molar refractivity (Wildman–Crippen MR) is 96.4 cm³/mol. The zero-order chi connectivity index (χ0) is 17.9. The molecule has 0 N–H and O–H groups in total. The van der Waals surface area contributed by atoms with Gasteiger partial charge in [-0.2, -0.15) is 0 Å². The molecule has 4 rings (SSSR count). The molecule has 0 spiro atoms. The van der Waals surface area contributed by atoms with Crippen molar-refractivity contribution in [3.05, 3.63) is 65.9 Å². The normalized spacial score (nSPS) is 17.1. The quantitative estimate of drug-likeness (QED) is 0.700. The van der Waals surface area contributed by atoms with Gasteiger partial charge in [-0.3, -0.25) is 14.9 Å². The first-order valence-corrected chi connectivity index (χ1v) is 8.73. The highest BCUT2D eigenvalue weighted by atomic mass is 16.5. The molecule has 3 aromatic heterocycles. The highest BCUT2D eigenvalue weighted by Crippen LogP contribution is 2.24. The van der Waals surface area contributed by atoms with Gasteiger partial charge in [-0.1, -0.05) is 6.07 Å². The van der Waals surface area contributed by atoms with E-state index in [1.54, 1.807) is 12.4 Å². The van der Waals surface area contributed by atoms with Gasteiger partial charge in [-0.25, -0.2) is 9.97 Å². The lowest BCUT2D eigenvalue weighted by Crippen LogP contribution is -2.44. The van der Waals surface area contributed by atoms with Crippen molar-refractivity contribution >= 4 is 0 Å². The molecule has 0 amide bonds. The van der Waals surface area contributed by atoms with E-state index in [0.717, 1.165) is 36.6 Å². The minimum atomic E-state index is 0.224. The SMILES string of the molecule is Cc1cncc(OC[C@H]2Cc3c(ncn3C)CN2Cc2ccccn2)n1. The molecular formula is C19H22N6O. The van der Waals surface area contributed by atoms with Crippen molar-refractivity contribution in [2.75, 3.05) is 6.61 Å². The van der Waals surface area contributed by atoms with Crippen molar-refractivity contribution in [2.45, 2.75) is 32.5 Å². The number of hydrogen-bond acceptors (Lipinski definition) is 6. The number of ether oxygens (including phenoxy) is 1. The van der Waals surface area contributed by atoms with E-state index < -0.39 is 0 Å². The molecular weight excluding hydrogens is 328 g/mol. The molecule has 1 aliphatic heterocycles. The van der Waals surface area contributed by atoms with Crippen molar-refractivity contribution in [1.82, 2.24) is 29.4 Å². The van der Waals surface area contributed by atoms with Crippen molar-refractivity contribution in [2.24, 2.45) is 7.05 Å². The Morgan fingerprint density at radius 1 is 1.23 bits per heavy atom. The van der Waals surface area contributed by atoms with Crippen LogP contribution in [-0.4, -0.2) is 42.1 Å². The molecule has 0 unspecified atom stereocenters. The van der Waals surface area contributed by atoms with Crippen molar-refractivity contribution in [3.63, 3.8) is 0 Å². The molecule has 26 heavy (non-hydrogen) atoms. The molecule has 1 atom stereocenters. The van der Waals surface area contributed by atoms with Crippen LogP contribution in [0.2, 0.25) is 0 Å². The van der Waals surface area contributed by atoms with Gasteiger partial charge < -0.3 is 9.30 Å². The smallest absolute Gasteiger partial charge is 0.232 e. The van der Waals surface area contributed by atoms with Crippen LogP contribution in [0.1, 0.15) is 22.8 Å². The van der Waals surface area contributed by atoms with Gasteiger partial charge in [0, 0.05) is 44.6 Å². The third-order valence-corrected chi connectivity index (χ3v) is 4.69. The highest BCUT2D eigenvalue weighted by Gasteiger charge is 2.29. The van der Waals surface area contributed by atoms with Gasteiger partial charge >= 0.3 is 0 Å². The zero-order valence-electron chi connectivity index (χ0n) is 15.0. The third-order valence-electron chi connectivity index (χ3n) is 4.69. The molecule has 7 nitrogen and oxygen atoms in total. The second-order valence-corrected chi connectivity index (χ2v) is 6.64. The molecule has 3 aromatic rings. The van der Waals surface area contributed by atoms with Gasteiger partial charge in [0.05, 0.1) is 35.6 Å². The van der Waals surface area contributed by atoms with Crippen LogP contribution in [0.5, 0.6) is 5.88 Å². The van der Waals surface area contributed by atoms with E-state index in [4.69, 9.17) is 4.74 Å². The Hall–Kier alpha value is -2.80. The number of nitrogens with zero attached hydrogens (tertiary/aromatic N) is 6. The molecule has 0 radical (unpaired) electrons. The number of imidazole rings is 1. The summed E-state index contributed by atoms with van der Waals surface area (Å²) in [6, 6.07) is 6.24. The highest BCUT2D eigenvalue weighted by molar-refractivity contribution is 5.19. The molecule has 0 saturated carbocycles. The summed E-state index contributed by atoms with van der Waals surface area (Å²) in [6.45, 7) is 4.02. The molecule has 0 aromatic carbocycles. The van der Waals surface area contributed by atoms with Gasteiger partial charge in [0.25, 0.3) is 0 Å². The number of aryl methyl sites for hydroxylation is 2. The molecule has 0 saturated heterocycles. The Balaban J connectivity index is 1.53. The summed E-state index contributed by atoms with van der Waals surface area (Å²) in [5.74, 6) is 0.568. The number of pyridine rings is 1. The topological polar surface area (TPSA) is 69.0 Å². The van der Waals surface area contributed by atoms with Crippen molar-refractivity contribution in [1.29, 1.82) is 0 Å². The van der Waals surface area contributed by atoms with Crippen molar-refractivity contribution < 1.29 is 4.74 Å². The Labute approximate surface area is 152 Å². The van der Waals surface area contributed by atoms with E-state index in [1.165, 1.54) is 5.69 Å². The average Bonchev–Trinajstić information content (AvgIpc) is 3.01. The predicted octanol–water partition coefficient (Wildman–Crippen LogP) is 1.92. The number of rotatable bonds is 5. The van der Waals surface area contributed by atoms with E-state index in [9.17, 15) is 0 Å². The Morgan fingerprint density at radius 3 is 2.96 bits per heavy atom. The van der Waals surface area contributed by atoms with Crippen LogP contribution < -0.4 is 4.74 Å². The fourth-order valence-electron chi connectivity index (χ4n) is 3.31. The van der Waals surface area contributed by atoms with E-state index >= 15 is 0 Å². The molecule has 4 heterocycles. The van der Waals surface area contributed by atoms with Gasteiger partial charge in [0.15, 0.2) is 0 Å². The van der Waals surface area contributed by atoms with Gasteiger partial charge in [-0.05, 0) is 19.1 Å². The molecule has 0 fully saturated rings. The maximum atomic E-state index is 5.96. The Bertz CT molecular complexity index is 879. The second kappa shape index (κ2) is 7.21. The fraction of sp³-hybridized carbons (Fsp3) is 0.368. The zero-order valence-corrected chi connectivity index (χ0v) is 15.0. The molecule has 7 heteroatoms. The third kappa shape index (κ3) is 3.57. The van der Waals surface area contributed by atoms with Gasteiger partial charge in [-0.15, -0.1) is 0 Å². The van der Waals surface area contributed by atoms with E-state index in [-0.39, 0.29) is 6.04 Å². The van der Waals surface area contributed by atoms with Crippen LogP contribution in [-0.2, 0) is 26.6 Å². The van der Waals surface area contributed by atoms with Crippen LogP contribution in [0.15, 0.2) is 43.1 Å². The number of hydrogen-bond donors (Lipinski definition) is 0. The summed E-state index contributed by atoms with van der Waals surface area (Å²) in [5.41, 5.74) is 4.30. The largest absolute Gasteiger partial charge is 0.475 e. The lowest BCUT2D eigenvalue weighted by Gasteiger charge is -2.34. The standard InChI is InChI=1S/C19H22N6O/c1-14-8-20-9-19(23-14)26-12-16-7-18-17(22-13-24(18)2)11-25(16)10-15-5-3-4-6-21-15/h3-6,8-9,13,16H,7,10-12H2,1-2H3/t16-/m1/s1. The first-order chi connectivity index (χ1) is 12.7. The van der Waals surface area contributed by atoms with Crippen LogP contribution in [0.25, 0.3) is 0 Å². The molecule has 1 aliphatic rings. The average molecular weight is 350 g/mol. The summed E-state index contributed by atoms with van der Waals surface area (Å²) in [7, 11) is 2.05. The van der Waals surface area contributed by atoms with E-state index in [2.05, 4.69) is 35.5 Å². The van der Waals surface area contributed by atoms with Gasteiger partial charge in [0.2, 0.25) is 5.88 Å². The monoisotopic (exact) mass is 350 g/mol. The summed E-state index contributed by atoms with van der Waals surface area (Å²) in [5, 5.41) is 0. The maximum absolute atomic E-state index is 5.96. The first kappa shape index (κ1) is 16.7. The Kier molecular flexibility index (Phi) is 4.62. The van der Waals surface area contributed by atoms with Crippen LogP contribution in [0.4, 0.5) is 0 Å². The minimum Gasteiger partial charge on any atom is -0.475 e. The summed E-state index contributed by atoms with van der Waals surface area (Å²) in [6.07, 6.45) is 7.99. The van der Waals surface area contributed by atoms with Crippen LogP contribution >= 0.6 is 0 Å². The first-order valence-electron chi connectivity index (χ1n) is 8.73. The molecule has 0 bridgehead atoms. The fourth-order valence-corrected chi connectivity index (χ4v) is 3.31. The molecule has 0 aliphatic carbocycles. The molecule has 134 valence electrons. The summed E-state index contributed by atoms with van der Waals surface area (Å²) < 4.78 is 8.06. The lowest BCUT2D eigenvalue weighted by molar-refractivity contribution is 0.103. The van der Waals surface area contributed by atoms with Crippen molar-refractivity contribution in [3.8, 4) is 5.88 Å². The van der Waals surface area contributed by atoms with Crippen LogP contribution in [0, 0.1) is 6.92 Å². The summed E-state index contributed by atoms with van der Waals surface area (Å²) in [4.78, 5) is 19.9. The minimum absolute atomic E-state index is 0.224. The lowest BCUT2D eigenvalue weighted by atomic mass is 10.0. The number of fused-ring (bicyclic) bond motifs is 1. The maximum Gasteiger partial charge on any atom is 0.232 e.